The minimum atomic E-state index is -1.03. The lowest BCUT2D eigenvalue weighted by Crippen LogP contribution is -2.06. The highest BCUT2D eigenvalue weighted by molar-refractivity contribution is 5.77. The Hall–Kier alpha value is -1.46. The average molecular weight is 250 g/mol. The van der Waals surface area contributed by atoms with E-state index in [0.29, 0.717) is 0 Å². The Bertz CT molecular complexity index is 285. The summed E-state index contributed by atoms with van der Waals surface area (Å²) in [5, 5.41) is 8.27. The highest BCUT2D eigenvalue weighted by Crippen LogP contribution is 2.15. The first-order chi connectivity index (χ1) is 7.93. The van der Waals surface area contributed by atoms with Crippen LogP contribution in [0.15, 0.2) is 16.6 Å². The SMILES string of the molecule is CC.CC(N)=NC/C(F)=C(/F)CCCC(=O)O. The van der Waals surface area contributed by atoms with Gasteiger partial charge in [-0.3, -0.25) is 9.79 Å². The van der Waals surface area contributed by atoms with Crippen LogP contribution in [0.2, 0.25) is 0 Å². The van der Waals surface area contributed by atoms with Crippen molar-refractivity contribution in [3.05, 3.63) is 11.7 Å². The van der Waals surface area contributed by atoms with Crippen LogP contribution >= 0.6 is 0 Å². The summed E-state index contributed by atoms with van der Waals surface area (Å²) in [5.41, 5.74) is 5.14. The molecule has 0 fully saturated rings. The van der Waals surface area contributed by atoms with E-state index in [2.05, 4.69) is 4.99 Å². The van der Waals surface area contributed by atoms with E-state index in [1.54, 1.807) is 0 Å². The molecule has 0 aliphatic heterocycles. The first-order valence-electron chi connectivity index (χ1n) is 5.44. The molecule has 0 atom stereocenters. The smallest absolute Gasteiger partial charge is 0.303 e. The van der Waals surface area contributed by atoms with Crippen molar-refractivity contribution in [1.82, 2.24) is 0 Å². The zero-order valence-electron chi connectivity index (χ0n) is 10.5. The van der Waals surface area contributed by atoms with Crippen LogP contribution in [0, 0.1) is 0 Å². The molecule has 0 aromatic carbocycles. The maximum Gasteiger partial charge on any atom is 0.303 e. The molecule has 0 saturated heterocycles. The Morgan fingerprint density at radius 1 is 1.24 bits per heavy atom. The molecule has 0 radical (unpaired) electrons. The fraction of sp³-hybridized carbons (Fsp3) is 0.636. The fourth-order valence-corrected chi connectivity index (χ4v) is 0.810. The summed E-state index contributed by atoms with van der Waals surface area (Å²) >= 11 is 0. The third-order valence-electron chi connectivity index (χ3n) is 1.55. The third-order valence-corrected chi connectivity index (χ3v) is 1.55. The Labute approximate surface area is 100 Å². The fourth-order valence-electron chi connectivity index (χ4n) is 0.810. The van der Waals surface area contributed by atoms with Gasteiger partial charge in [0.25, 0.3) is 0 Å². The molecule has 17 heavy (non-hydrogen) atoms. The van der Waals surface area contributed by atoms with Crippen molar-refractivity contribution in [3.63, 3.8) is 0 Å². The molecule has 4 nitrogen and oxygen atoms in total. The van der Waals surface area contributed by atoms with Gasteiger partial charge in [-0.2, -0.15) is 0 Å². The number of hydrogen-bond acceptors (Lipinski definition) is 2. The number of nitrogens with zero attached hydrogens (tertiary/aromatic N) is 1. The summed E-state index contributed by atoms with van der Waals surface area (Å²) in [6.07, 6.45) is -0.336. The number of carbonyl (C=O) groups is 1. The maximum absolute atomic E-state index is 12.9. The van der Waals surface area contributed by atoms with Crippen LogP contribution < -0.4 is 5.73 Å². The predicted molar refractivity (Wildman–Crippen MR) is 64.2 cm³/mol. The highest BCUT2D eigenvalue weighted by atomic mass is 19.2. The average Bonchev–Trinajstić information content (AvgIpc) is 2.27. The van der Waals surface area contributed by atoms with Crippen molar-refractivity contribution in [1.29, 1.82) is 0 Å². The van der Waals surface area contributed by atoms with Gasteiger partial charge in [0.15, 0.2) is 5.83 Å². The highest BCUT2D eigenvalue weighted by Gasteiger charge is 2.06. The third kappa shape index (κ3) is 12.5. The molecule has 0 bridgehead atoms. The van der Waals surface area contributed by atoms with E-state index in [0.717, 1.165) is 0 Å². The first kappa shape index (κ1) is 17.9. The van der Waals surface area contributed by atoms with Gasteiger partial charge in [-0.05, 0) is 13.3 Å². The van der Waals surface area contributed by atoms with E-state index in [1.807, 2.05) is 13.8 Å². The molecule has 0 aromatic heterocycles. The Balaban J connectivity index is 0. The first-order valence-corrected chi connectivity index (χ1v) is 5.44. The monoisotopic (exact) mass is 250 g/mol. The second-order valence-corrected chi connectivity index (χ2v) is 3.01. The van der Waals surface area contributed by atoms with Gasteiger partial charge in [0.1, 0.15) is 5.83 Å². The maximum atomic E-state index is 12.9. The van der Waals surface area contributed by atoms with Gasteiger partial charge in [-0.25, -0.2) is 8.78 Å². The van der Waals surface area contributed by atoms with Crippen LogP contribution in [0.4, 0.5) is 8.78 Å². The summed E-state index contributed by atoms with van der Waals surface area (Å²) in [4.78, 5) is 13.6. The number of carboxylic acid groups (broad SMARTS) is 1. The van der Waals surface area contributed by atoms with Crippen LogP contribution in [-0.2, 0) is 4.79 Å². The molecule has 6 heteroatoms. The van der Waals surface area contributed by atoms with E-state index >= 15 is 0 Å². The summed E-state index contributed by atoms with van der Waals surface area (Å²) in [7, 11) is 0. The Morgan fingerprint density at radius 2 is 1.76 bits per heavy atom. The number of rotatable bonds is 6. The van der Waals surface area contributed by atoms with Crippen LogP contribution in [-0.4, -0.2) is 23.5 Å². The second kappa shape index (κ2) is 11.0. The lowest BCUT2D eigenvalue weighted by atomic mass is 10.2. The van der Waals surface area contributed by atoms with Gasteiger partial charge in [0.05, 0.1) is 12.4 Å². The summed E-state index contributed by atoms with van der Waals surface area (Å²) in [5.74, 6) is -2.81. The number of aliphatic imine (C=N–C) groups is 1. The molecule has 100 valence electrons. The normalized spacial score (nSPS) is 12.4. The molecular formula is C11H20F2N2O2. The van der Waals surface area contributed by atoms with Crippen LogP contribution in [0.25, 0.3) is 0 Å². The van der Waals surface area contributed by atoms with E-state index in [1.165, 1.54) is 6.92 Å². The number of halogens is 2. The molecule has 0 aliphatic carbocycles. The lowest BCUT2D eigenvalue weighted by Gasteiger charge is -1.98. The summed E-state index contributed by atoms with van der Waals surface area (Å²) in [6, 6.07) is 0. The molecule has 0 rings (SSSR count). The molecule has 3 N–H and O–H groups in total. The predicted octanol–water partition coefficient (Wildman–Crippen LogP) is 2.80. The molecule has 0 aromatic rings. The number of carboxylic acids is 1. The molecule has 0 aliphatic rings. The minimum absolute atomic E-state index is 0.0694. The van der Waals surface area contributed by atoms with Crippen molar-refractivity contribution in [2.75, 3.05) is 6.54 Å². The van der Waals surface area contributed by atoms with Gasteiger partial charge in [0, 0.05) is 12.8 Å². The zero-order chi connectivity index (χ0) is 13.8. The summed E-state index contributed by atoms with van der Waals surface area (Å²) < 4.78 is 25.8. The zero-order valence-corrected chi connectivity index (χ0v) is 10.5. The Kier molecular flexibility index (Phi) is 11.6. The number of hydrogen-bond donors (Lipinski definition) is 2. The Morgan fingerprint density at radius 3 is 2.18 bits per heavy atom. The van der Waals surface area contributed by atoms with Crippen molar-refractivity contribution >= 4 is 11.8 Å². The quantitative estimate of drug-likeness (QED) is 0.562. The second-order valence-electron chi connectivity index (χ2n) is 3.01. The van der Waals surface area contributed by atoms with Gasteiger partial charge < -0.3 is 10.8 Å². The largest absolute Gasteiger partial charge is 0.481 e. The van der Waals surface area contributed by atoms with Gasteiger partial charge in [-0.15, -0.1) is 0 Å². The van der Waals surface area contributed by atoms with Gasteiger partial charge in [0.2, 0.25) is 0 Å². The van der Waals surface area contributed by atoms with Crippen LogP contribution in [0.3, 0.4) is 0 Å². The molecule has 0 heterocycles. The molecule has 0 saturated carbocycles. The standard InChI is InChI=1S/C9H14F2N2O2.C2H6/c1-6(12)13-5-8(11)7(10)3-2-4-9(14)15;1-2/h2-5H2,1H3,(H2,12,13)(H,14,15);1-2H3/b8-7-;. The van der Waals surface area contributed by atoms with Gasteiger partial charge >= 0.3 is 5.97 Å². The number of allylic oxidation sites excluding steroid dienone is 1. The van der Waals surface area contributed by atoms with E-state index < -0.39 is 24.2 Å². The van der Waals surface area contributed by atoms with E-state index in [9.17, 15) is 13.6 Å². The topological polar surface area (TPSA) is 75.7 Å². The van der Waals surface area contributed by atoms with Crippen molar-refractivity contribution < 1.29 is 18.7 Å². The van der Waals surface area contributed by atoms with Crippen LogP contribution in [0.1, 0.15) is 40.0 Å². The molecular weight excluding hydrogens is 230 g/mol. The molecule has 0 spiro atoms. The van der Waals surface area contributed by atoms with E-state index in [-0.39, 0.29) is 25.1 Å². The lowest BCUT2D eigenvalue weighted by molar-refractivity contribution is -0.137. The molecule has 0 amide bonds. The number of nitrogens with two attached hydrogens (primary N) is 1. The number of aliphatic carboxylic acids is 1. The van der Waals surface area contributed by atoms with Gasteiger partial charge in [-0.1, -0.05) is 13.8 Å². The van der Waals surface area contributed by atoms with Crippen LogP contribution in [0.5, 0.6) is 0 Å². The van der Waals surface area contributed by atoms with Crippen molar-refractivity contribution in [2.24, 2.45) is 10.7 Å². The number of amidine groups is 1. The van der Waals surface area contributed by atoms with Crippen molar-refractivity contribution in [2.45, 2.75) is 40.0 Å². The van der Waals surface area contributed by atoms with E-state index in [4.69, 9.17) is 10.8 Å². The summed E-state index contributed by atoms with van der Waals surface area (Å²) in [6.45, 7) is 5.04. The minimum Gasteiger partial charge on any atom is -0.481 e. The van der Waals surface area contributed by atoms with Crippen molar-refractivity contribution in [3.8, 4) is 0 Å². The molecule has 0 unspecified atom stereocenters.